The lowest BCUT2D eigenvalue weighted by molar-refractivity contribution is 0.121. The summed E-state index contributed by atoms with van der Waals surface area (Å²) in [5, 5.41) is 0. The minimum absolute atomic E-state index is 0.00968. The molecule has 0 aliphatic heterocycles. The second-order valence-electron chi connectivity index (χ2n) is 2.46. The van der Waals surface area contributed by atoms with Crippen molar-refractivity contribution in [2.45, 2.75) is 13.5 Å². The smallest absolute Gasteiger partial charge is 0.134 e. The van der Waals surface area contributed by atoms with E-state index in [1.54, 1.807) is 0 Å². The van der Waals surface area contributed by atoms with Gasteiger partial charge < -0.3 is 0 Å². The van der Waals surface area contributed by atoms with Gasteiger partial charge in [-0.25, -0.2) is 14.7 Å². The van der Waals surface area contributed by atoms with Gasteiger partial charge in [0.15, 0.2) is 0 Å². The predicted molar refractivity (Wildman–Crippen MR) is 40.1 cm³/mol. The van der Waals surface area contributed by atoms with E-state index in [4.69, 9.17) is 5.90 Å². The van der Waals surface area contributed by atoms with Gasteiger partial charge in [-0.2, -0.15) is 0 Å². The molecule has 0 saturated heterocycles. The van der Waals surface area contributed by atoms with Crippen LogP contribution < -0.4 is 5.90 Å². The van der Waals surface area contributed by atoms with Gasteiger partial charge in [-0.3, -0.25) is 4.84 Å². The molecule has 2 N–H and O–H groups in total. The minimum Gasteiger partial charge on any atom is -0.300 e. The Morgan fingerprint density at radius 1 is 1.42 bits per heavy atom. The van der Waals surface area contributed by atoms with Crippen molar-refractivity contribution in [2.24, 2.45) is 5.90 Å². The van der Waals surface area contributed by atoms with Gasteiger partial charge in [0.2, 0.25) is 0 Å². The molecule has 0 fully saturated rings. The van der Waals surface area contributed by atoms with Crippen molar-refractivity contribution in [3.63, 3.8) is 0 Å². The van der Waals surface area contributed by atoms with Gasteiger partial charge in [-0.05, 0) is 13.0 Å². The van der Waals surface area contributed by atoms with Crippen molar-refractivity contribution in [1.29, 1.82) is 0 Å². The molecule has 0 unspecified atom stereocenters. The maximum absolute atomic E-state index is 13.1. The summed E-state index contributed by atoms with van der Waals surface area (Å²) in [6.07, 6.45) is 0. The molecule has 2 nitrogen and oxygen atoms in total. The van der Waals surface area contributed by atoms with Crippen LogP contribution in [0.5, 0.6) is 0 Å². The van der Waals surface area contributed by atoms with Crippen LogP contribution in [-0.2, 0) is 11.4 Å². The molecule has 0 aliphatic rings. The Bertz CT molecular complexity index is 289. The molecule has 4 heteroatoms. The van der Waals surface area contributed by atoms with Gasteiger partial charge in [-0.15, -0.1) is 0 Å². The van der Waals surface area contributed by atoms with E-state index in [1.165, 1.54) is 19.1 Å². The van der Waals surface area contributed by atoms with Gasteiger partial charge in [0.05, 0.1) is 6.61 Å². The highest BCUT2D eigenvalue weighted by atomic mass is 19.1. The zero-order valence-corrected chi connectivity index (χ0v) is 6.60. The summed E-state index contributed by atoms with van der Waals surface area (Å²) in [5.41, 5.74) is 0.251. The van der Waals surface area contributed by atoms with Crippen LogP contribution in [0.3, 0.4) is 0 Å². The fourth-order valence-corrected chi connectivity index (χ4v) is 0.919. The zero-order valence-electron chi connectivity index (χ0n) is 6.60. The lowest BCUT2D eigenvalue weighted by Gasteiger charge is -2.04. The fourth-order valence-electron chi connectivity index (χ4n) is 0.919. The first-order chi connectivity index (χ1) is 5.66. The number of hydrogen-bond donors (Lipinski definition) is 1. The highest BCUT2D eigenvalue weighted by Crippen LogP contribution is 2.15. The van der Waals surface area contributed by atoms with Crippen LogP contribution >= 0.6 is 0 Å². The topological polar surface area (TPSA) is 35.2 Å². The molecule has 0 aromatic heterocycles. The first kappa shape index (κ1) is 9.09. The molecule has 0 amide bonds. The Labute approximate surface area is 68.9 Å². The summed E-state index contributed by atoms with van der Waals surface area (Å²) < 4.78 is 25.8. The van der Waals surface area contributed by atoms with Gasteiger partial charge in [-0.1, -0.05) is 6.07 Å². The minimum atomic E-state index is -0.597. The molecular weight excluding hydrogens is 164 g/mol. The van der Waals surface area contributed by atoms with Crippen LogP contribution in [0.4, 0.5) is 8.78 Å². The zero-order chi connectivity index (χ0) is 9.14. The van der Waals surface area contributed by atoms with E-state index in [1.807, 2.05) is 0 Å². The number of rotatable bonds is 2. The third-order valence-electron chi connectivity index (χ3n) is 1.64. The maximum Gasteiger partial charge on any atom is 0.134 e. The highest BCUT2D eigenvalue weighted by molar-refractivity contribution is 5.25. The molecule has 66 valence electrons. The first-order valence-corrected chi connectivity index (χ1v) is 3.42. The summed E-state index contributed by atoms with van der Waals surface area (Å²) in [6, 6.07) is 2.50. The van der Waals surface area contributed by atoms with Crippen molar-refractivity contribution in [3.8, 4) is 0 Å². The quantitative estimate of drug-likeness (QED) is 0.690. The van der Waals surface area contributed by atoms with E-state index in [2.05, 4.69) is 4.84 Å². The number of halogens is 2. The Balaban J connectivity index is 3.08. The van der Waals surface area contributed by atoms with E-state index in [-0.39, 0.29) is 17.7 Å². The predicted octanol–water partition coefficient (Wildman–Crippen LogP) is 1.66. The monoisotopic (exact) mass is 173 g/mol. The Morgan fingerprint density at radius 3 is 2.67 bits per heavy atom. The van der Waals surface area contributed by atoms with Crippen molar-refractivity contribution in [3.05, 3.63) is 34.9 Å². The Morgan fingerprint density at radius 2 is 2.08 bits per heavy atom. The molecule has 0 saturated carbocycles. The van der Waals surface area contributed by atoms with Crippen LogP contribution in [0.15, 0.2) is 12.1 Å². The molecule has 1 aromatic carbocycles. The first-order valence-electron chi connectivity index (χ1n) is 3.42. The molecule has 0 bridgehead atoms. The fraction of sp³-hybridized carbons (Fsp3) is 0.250. The normalized spacial score (nSPS) is 10.3. The van der Waals surface area contributed by atoms with Crippen LogP contribution in [-0.4, -0.2) is 0 Å². The van der Waals surface area contributed by atoms with Crippen molar-refractivity contribution < 1.29 is 13.6 Å². The second-order valence-corrected chi connectivity index (χ2v) is 2.46. The van der Waals surface area contributed by atoms with E-state index < -0.39 is 11.6 Å². The third-order valence-corrected chi connectivity index (χ3v) is 1.64. The van der Waals surface area contributed by atoms with Crippen LogP contribution in [0.2, 0.25) is 0 Å². The van der Waals surface area contributed by atoms with Crippen molar-refractivity contribution >= 4 is 0 Å². The Kier molecular flexibility index (Phi) is 2.73. The number of benzene rings is 1. The molecular formula is C8H9F2NO. The number of hydrogen-bond acceptors (Lipinski definition) is 2. The summed E-state index contributed by atoms with van der Waals surface area (Å²) in [6.45, 7) is 1.32. The van der Waals surface area contributed by atoms with E-state index in [9.17, 15) is 8.78 Å². The molecule has 0 heterocycles. The largest absolute Gasteiger partial charge is 0.300 e. The van der Waals surface area contributed by atoms with Crippen LogP contribution in [0.1, 0.15) is 11.1 Å². The molecule has 12 heavy (non-hydrogen) atoms. The maximum atomic E-state index is 13.1. The molecule has 1 aromatic rings. The second kappa shape index (κ2) is 3.60. The lowest BCUT2D eigenvalue weighted by atomic mass is 10.1. The van der Waals surface area contributed by atoms with Crippen LogP contribution in [0, 0.1) is 18.6 Å². The van der Waals surface area contributed by atoms with E-state index >= 15 is 0 Å². The Hall–Kier alpha value is -1.00. The third kappa shape index (κ3) is 1.60. The standard InChI is InChI=1S/C8H9F2NO/c1-5-7(9)3-2-6(4-12-11)8(5)10/h2-3H,4,11H2,1H3. The molecule has 1 rings (SSSR count). The van der Waals surface area contributed by atoms with Gasteiger partial charge in [0.1, 0.15) is 11.6 Å². The summed E-state index contributed by atoms with van der Waals surface area (Å²) in [7, 11) is 0. The molecule has 0 radical (unpaired) electrons. The van der Waals surface area contributed by atoms with Crippen molar-refractivity contribution in [1.82, 2.24) is 0 Å². The van der Waals surface area contributed by atoms with E-state index in [0.29, 0.717) is 0 Å². The summed E-state index contributed by atoms with van der Waals surface area (Å²) >= 11 is 0. The van der Waals surface area contributed by atoms with E-state index in [0.717, 1.165) is 0 Å². The lowest BCUT2D eigenvalue weighted by Crippen LogP contribution is -2.03. The summed E-state index contributed by atoms with van der Waals surface area (Å²) in [5.74, 6) is 3.60. The number of nitrogens with two attached hydrogens (primary N) is 1. The molecule has 0 atom stereocenters. The van der Waals surface area contributed by atoms with Gasteiger partial charge >= 0.3 is 0 Å². The summed E-state index contributed by atoms with van der Waals surface area (Å²) in [4.78, 5) is 4.24. The SMILES string of the molecule is Cc1c(F)ccc(CON)c1F. The molecule has 0 spiro atoms. The van der Waals surface area contributed by atoms with Crippen LogP contribution in [0.25, 0.3) is 0 Å². The molecule has 0 aliphatic carbocycles. The van der Waals surface area contributed by atoms with Gasteiger partial charge in [0.25, 0.3) is 0 Å². The average Bonchev–Trinajstić information content (AvgIpc) is 2.07. The average molecular weight is 173 g/mol. The highest BCUT2D eigenvalue weighted by Gasteiger charge is 2.08. The van der Waals surface area contributed by atoms with Crippen molar-refractivity contribution in [2.75, 3.05) is 0 Å². The van der Waals surface area contributed by atoms with Gasteiger partial charge in [0, 0.05) is 11.1 Å².